The fraction of sp³-hybridized carbons (Fsp3) is 1.00. The smallest absolute Gasteiger partial charge is 0.324 e. The molecule has 1 unspecified atom stereocenters. The Morgan fingerprint density at radius 3 is 1.63 bits per heavy atom. The van der Waals surface area contributed by atoms with Gasteiger partial charge in [0.05, 0.1) is 26.7 Å². The molecule has 0 bridgehead atoms. The van der Waals surface area contributed by atoms with Gasteiger partial charge in [0.1, 0.15) is 13.2 Å². The lowest BCUT2D eigenvalue weighted by Gasteiger charge is -2.37. The highest BCUT2D eigenvalue weighted by Crippen LogP contribution is 2.43. The normalized spacial score (nSPS) is 18.4. The van der Waals surface area contributed by atoms with Crippen LogP contribution in [0.5, 0.6) is 0 Å². The van der Waals surface area contributed by atoms with Crippen molar-refractivity contribution in [2.45, 2.75) is 116 Å². The molecule has 0 saturated carbocycles. The molecule has 0 aliphatic carbocycles. The van der Waals surface area contributed by atoms with E-state index in [0.717, 1.165) is 37.0 Å². The minimum absolute atomic E-state index is 0.295. The van der Waals surface area contributed by atoms with E-state index in [0.29, 0.717) is 13.2 Å². The molecule has 1 saturated heterocycles. The van der Waals surface area contributed by atoms with Crippen LogP contribution in [0.25, 0.3) is 0 Å². The number of phosphoric ester groups is 1. The maximum Gasteiger partial charge on any atom is 0.472 e. The molecule has 0 aromatic rings. The molecular weight excluding hydrogens is 397 g/mol. The van der Waals surface area contributed by atoms with Crippen molar-refractivity contribution in [3.63, 3.8) is 0 Å². The van der Waals surface area contributed by atoms with Gasteiger partial charge >= 0.3 is 7.82 Å². The van der Waals surface area contributed by atoms with Crippen LogP contribution in [0.1, 0.15) is 116 Å². The largest absolute Gasteiger partial charge is 0.472 e. The Kier molecular flexibility index (Phi) is 16.5. The summed E-state index contributed by atoms with van der Waals surface area (Å²) >= 11 is 0. The van der Waals surface area contributed by atoms with Crippen LogP contribution in [-0.4, -0.2) is 49.3 Å². The van der Waals surface area contributed by atoms with E-state index in [4.69, 9.17) is 9.05 Å². The molecule has 0 aromatic heterocycles. The van der Waals surface area contributed by atoms with Gasteiger partial charge in [-0.1, -0.05) is 90.4 Å². The van der Waals surface area contributed by atoms with Crippen LogP contribution in [0.3, 0.4) is 0 Å². The summed E-state index contributed by atoms with van der Waals surface area (Å²) in [6.07, 6.45) is 21.9. The van der Waals surface area contributed by atoms with Crippen LogP contribution < -0.4 is 0 Å². The van der Waals surface area contributed by atoms with E-state index in [1.807, 2.05) is 0 Å². The van der Waals surface area contributed by atoms with Crippen molar-refractivity contribution in [2.24, 2.45) is 0 Å². The van der Waals surface area contributed by atoms with Gasteiger partial charge in [-0.2, -0.15) is 0 Å². The van der Waals surface area contributed by atoms with Gasteiger partial charge in [-0.05, 0) is 25.7 Å². The van der Waals surface area contributed by atoms with Crippen LogP contribution in [-0.2, 0) is 13.6 Å². The van der Waals surface area contributed by atoms with Gasteiger partial charge in [0, 0.05) is 0 Å². The molecular formula is C24H51NO4P+. The summed E-state index contributed by atoms with van der Waals surface area (Å²) in [4.78, 5) is 9.84. The number of rotatable bonds is 20. The lowest BCUT2D eigenvalue weighted by molar-refractivity contribution is -0.914. The zero-order valence-electron chi connectivity index (χ0n) is 20.1. The predicted molar refractivity (Wildman–Crippen MR) is 127 cm³/mol. The van der Waals surface area contributed by atoms with Gasteiger partial charge < -0.3 is 9.38 Å². The van der Waals surface area contributed by atoms with Crippen molar-refractivity contribution < 1.29 is 23.0 Å². The summed E-state index contributed by atoms with van der Waals surface area (Å²) in [5, 5.41) is 0. The van der Waals surface area contributed by atoms with Crippen molar-refractivity contribution in [1.82, 2.24) is 0 Å². The van der Waals surface area contributed by atoms with Gasteiger partial charge in [0.2, 0.25) is 0 Å². The van der Waals surface area contributed by atoms with E-state index in [2.05, 4.69) is 14.0 Å². The third kappa shape index (κ3) is 15.8. The molecule has 1 rings (SSSR count). The molecule has 0 spiro atoms. The molecule has 5 nitrogen and oxygen atoms in total. The minimum Gasteiger partial charge on any atom is -0.324 e. The fourth-order valence-corrected chi connectivity index (χ4v) is 5.14. The zero-order valence-corrected chi connectivity index (χ0v) is 21.0. The number of unbranched alkanes of at least 4 members (excludes halogenated alkanes) is 13. The number of hydrogen-bond donors (Lipinski definition) is 1. The molecule has 6 heteroatoms. The minimum atomic E-state index is -3.89. The molecule has 1 N–H and O–H groups in total. The molecule has 1 heterocycles. The van der Waals surface area contributed by atoms with Crippen LogP contribution in [0, 0.1) is 0 Å². The standard InChI is InChI=1S/C24H50NO4P/c1-3-4-5-6-7-8-9-10-11-12-13-14-15-19-23-28-30(26,27)29-24-22-25(2)20-17-16-18-21-25/h3-24H2,1-2H3/p+1. The molecule has 1 aliphatic rings. The first-order valence-corrected chi connectivity index (χ1v) is 14.4. The Labute approximate surface area is 187 Å². The third-order valence-corrected chi connectivity index (χ3v) is 7.55. The third-order valence-electron chi connectivity index (χ3n) is 6.53. The van der Waals surface area contributed by atoms with Crippen molar-refractivity contribution in [1.29, 1.82) is 0 Å². The topological polar surface area (TPSA) is 55.8 Å². The monoisotopic (exact) mass is 448 g/mol. The summed E-state index contributed by atoms with van der Waals surface area (Å²) < 4.78 is 23.3. The quantitative estimate of drug-likeness (QED) is 0.121. The van der Waals surface area contributed by atoms with Gasteiger partial charge in [-0.3, -0.25) is 9.05 Å². The summed E-state index contributed by atoms with van der Waals surface area (Å²) in [7, 11) is -1.68. The second-order valence-electron chi connectivity index (χ2n) is 9.58. The van der Waals surface area contributed by atoms with E-state index >= 15 is 0 Å². The number of likely N-dealkylation sites (tertiary alicyclic amines) is 1. The average Bonchev–Trinajstić information content (AvgIpc) is 2.71. The fourth-order valence-electron chi connectivity index (χ4n) is 4.39. The molecule has 0 radical (unpaired) electrons. The summed E-state index contributed by atoms with van der Waals surface area (Å²) in [5.74, 6) is 0. The first-order valence-electron chi connectivity index (χ1n) is 12.9. The number of piperidine rings is 1. The Morgan fingerprint density at radius 1 is 0.700 bits per heavy atom. The summed E-state index contributed by atoms with van der Waals surface area (Å²) in [6, 6.07) is 0. The molecule has 1 aliphatic heterocycles. The van der Waals surface area contributed by atoms with Gasteiger partial charge in [-0.25, -0.2) is 4.57 Å². The van der Waals surface area contributed by atoms with E-state index in [1.165, 1.54) is 96.3 Å². The highest BCUT2D eigenvalue weighted by Gasteiger charge is 2.27. The molecule has 30 heavy (non-hydrogen) atoms. The SMILES string of the molecule is CCCCCCCCCCCCCCCCOP(=O)(O)OCC[N+]1(C)CCCCC1. The molecule has 1 atom stereocenters. The number of quaternary nitrogens is 1. The lowest BCUT2D eigenvalue weighted by Crippen LogP contribution is -2.49. The maximum absolute atomic E-state index is 12.0. The van der Waals surface area contributed by atoms with Crippen molar-refractivity contribution in [3.05, 3.63) is 0 Å². The second kappa shape index (κ2) is 17.6. The summed E-state index contributed by atoms with van der Waals surface area (Å²) in [6.45, 7) is 5.94. The first-order chi connectivity index (χ1) is 14.5. The Hall–Kier alpha value is 0.0700. The Balaban J connectivity index is 1.85. The number of likely N-dealkylation sites (N-methyl/N-ethyl adjacent to an activating group) is 1. The van der Waals surface area contributed by atoms with Crippen molar-refractivity contribution in [2.75, 3.05) is 39.9 Å². The molecule has 0 amide bonds. The van der Waals surface area contributed by atoms with E-state index < -0.39 is 7.82 Å². The first kappa shape index (κ1) is 28.1. The second-order valence-corrected chi connectivity index (χ2v) is 11.0. The van der Waals surface area contributed by atoms with Crippen LogP contribution in [0.15, 0.2) is 0 Å². The van der Waals surface area contributed by atoms with Gasteiger partial charge in [-0.15, -0.1) is 0 Å². The van der Waals surface area contributed by atoms with E-state index in [-0.39, 0.29) is 0 Å². The van der Waals surface area contributed by atoms with E-state index in [9.17, 15) is 9.46 Å². The summed E-state index contributed by atoms with van der Waals surface area (Å²) in [5.41, 5.74) is 0. The average molecular weight is 449 g/mol. The molecule has 1 fully saturated rings. The highest BCUT2D eigenvalue weighted by atomic mass is 31.2. The number of hydrogen-bond acceptors (Lipinski definition) is 3. The van der Waals surface area contributed by atoms with Crippen molar-refractivity contribution in [3.8, 4) is 0 Å². The lowest BCUT2D eigenvalue weighted by atomic mass is 10.0. The number of nitrogens with zero attached hydrogens (tertiary/aromatic N) is 1. The number of phosphoric acid groups is 1. The van der Waals surface area contributed by atoms with Crippen LogP contribution in [0.2, 0.25) is 0 Å². The predicted octanol–water partition coefficient (Wildman–Crippen LogP) is 7.23. The maximum atomic E-state index is 12.0. The van der Waals surface area contributed by atoms with Crippen LogP contribution >= 0.6 is 7.82 Å². The Morgan fingerprint density at radius 2 is 1.13 bits per heavy atom. The Bertz CT molecular complexity index is 441. The molecule has 180 valence electrons. The van der Waals surface area contributed by atoms with Gasteiger partial charge in [0.15, 0.2) is 0 Å². The van der Waals surface area contributed by atoms with Gasteiger partial charge in [0.25, 0.3) is 0 Å². The molecule has 0 aromatic carbocycles. The van der Waals surface area contributed by atoms with Crippen LogP contribution in [0.4, 0.5) is 0 Å². The van der Waals surface area contributed by atoms with Crippen molar-refractivity contribution >= 4 is 7.82 Å². The van der Waals surface area contributed by atoms with E-state index in [1.54, 1.807) is 0 Å². The highest BCUT2D eigenvalue weighted by molar-refractivity contribution is 7.47. The zero-order chi connectivity index (χ0) is 22.0.